The largest absolute Gasteiger partial charge is 0.354 e. The van der Waals surface area contributed by atoms with Crippen LogP contribution in [0.15, 0.2) is 88.7 Å². The molecule has 7 nitrogen and oxygen atoms in total. The predicted molar refractivity (Wildman–Crippen MR) is 163 cm³/mol. The summed E-state index contributed by atoms with van der Waals surface area (Å²) in [5, 5.41) is 2.95. The van der Waals surface area contributed by atoms with E-state index in [1.807, 2.05) is 69.5 Å². The molecule has 0 aliphatic heterocycles. The Morgan fingerprint density at radius 3 is 2.15 bits per heavy atom. The normalized spacial score (nSPS) is 12.0. The number of amides is 2. The first kappa shape index (κ1) is 31.2. The minimum absolute atomic E-state index is 0.0950. The van der Waals surface area contributed by atoms with Gasteiger partial charge < -0.3 is 10.2 Å². The number of rotatable bonds is 14. The van der Waals surface area contributed by atoms with Gasteiger partial charge in [-0.2, -0.15) is 0 Å². The van der Waals surface area contributed by atoms with Gasteiger partial charge in [-0.15, -0.1) is 11.8 Å². The minimum Gasteiger partial charge on any atom is -0.354 e. The van der Waals surface area contributed by atoms with Gasteiger partial charge in [0, 0.05) is 18.0 Å². The van der Waals surface area contributed by atoms with Gasteiger partial charge in [-0.05, 0) is 68.0 Å². The Kier molecular flexibility index (Phi) is 11.6. The van der Waals surface area contributed by atoms with Crippen LogP contribution >= 0.6 is 11.8 Å². The van der Waals surface area contributed by atoms with Crippen LogP contribution in [0.1, 0.15) is 44.2 Å². The molecule has 0 heterocycles. The van der Waals surface area contributed by atoms with Gasteiger partial charge in [-0.25, -0.2) is 8.42 Å². The van der Waals surface area contributed by atoms with E-state index < -0.39 is 28.5 Å². The van der Waals surface area contributed by atoms with Gasteiger partial charge in [-0.3, -0.25) is 13.9 Å². The zero-order valence-corrected chi connectivity index (χ0v) is 25.3. The summed E-state index contributed by atoms with van der Waals surface area (Å²) in [5.74, 6) is -0.691. The molecule has 40 heavy (non-hydrogen) atoms. The molecule has 3 aromatic rings. The van der Waals surface area contributed by atoms with Gasteiger partial charge in [0.2, 0.25) is 11.8 Å². The number of sulfonamides is 1. The average molecular weight is 582 g/mol. The Morgan fingerprint density at radius 1 is 0.925 bits per heavy atom. The number of hydrogen-bond acceptors (Lipinski definition) is 5. The number of carbonyl (C=O) groups is 2. The van der Waals surface area contributed by atoms with Gasteiger partial charge in [0.15, 0.2) is 0 Å². The van der Waals surface area contributed by atoms with Crippen LogP contribution in [0.5, 0.6) is 0 Å². The molecule has 0 aliphatic carbocycles. The van der Waals surface area contributed by atoms with Crippen molar-refractivity contribution in [2.45, 2.75) is 62.4 Å². The Bertz CT molecular complexity index is 1350. The van der Waals surface area contributed by atoms with E-state index in [-0.39, 0.29) is 17.3 Å². The quantitative estimate of drug-likeness (QED) is 0.197. The lowest BCUT2D eigenvalue weighted by Gasteiger charge is -2.33. The lowest BCUT2D eigenvalue weighted by Crippen LogP contribution is -2.52. The number of hydrogen-bond donors (Lipinski definition) is 1. The van der Waals surface area contributed by atoms with Crippen molar-refractivity contribution in [3.63, 3.8) is 0 Å². The van der Waals surface area contributed by atoms with E-state index in [9.17, 15) is 18.0 Å². The number of unbranched alkanes of at least 4 members (excludes halogenated alkanes) is 1. The smallest absolute Gasteiger partial charge is 0.264 e. The van der Waals surface area contributed by atoms with Crippen LogP contribution < -0.4 is 9.62 Å². The van der Waals surface area contributed by atoms with Crippen molar-refractivity contribution in [3.8, 4) is 0 Å². The van der Waals surface area contributed by atoms with Crippen molar-refractivity contribution >= 4 is 39.3 Å². The van der Waals surface area contributed by atoms with Crippen molar-refractivity contribution in [2.75, 3.05) is 23.7 Å². The fraction of sp³-hybridized carbons (Fsp3) is 0.355. The Labute approximate surface area is 243 Å². The molecule has 0 aliphatic rings. The highest BCUT2D eigenvalue weighted by Gasteiger charge is 2.33. The molecule has 0 saturated heterocycles. The molecule has 0 spiro atoms. The van der Waals surface area contributed by atoms with Crippen LogP contribution in [0, 0.1) is 6.92 Å². The molecule has 0 radical (unpaired) electrons. The lowest BCUT2D eigenvalue weighted by atomic mass is 10.1. The van der Waals surface area contributed by atoms with Crippen LogP contribution in [0.4, 0.5) is 5.69 Å². The van der Waals surface area contributed by atoms with Gasteiger partial charge in [0.05, 0.1) is 10.6 Å². The first-order valence-electron chi connectivity index (χ1n) is 13.6. The standard InChI is InChI=1S/C31H39N3O4S2/c1-5-7-21-32-31(36)29(6-2)33(22-25-11-9-8-10-12-25)30(35)23-34(26-15-13-24(3)14-16-26)40(37,38)28-19-17-27(39-4)18-20-28/h8-20,29H,5-7,21-23H2,1-4H3,(H,32,36)/t29-/m0/s1. The molecule has 3 aromatic carbocycles. The Balaban J connectivity index is 2.01. The number of nitrogens with one attached hydrogen (secondary N) is 1. The Morgan fingerprint density at radius 2 is 1.57 bits per heavy atom. The van der Waals surface area contributed by atoms with E-state index in [1.165, 1.54) is 16.7 Å². The van der Waals surface area contributed by atoms with E-state index in [0.29, 0.717) is 18.7 Å². The summed E-state index contributed by atoms with van der Waals surface area (Å²) in [6.45, 7) is 6.08. The third-order valence-corrected chi connectivity index (χ3v) is 9.19. The SMILES string of the molecule is CCCCNC(=O)[C@H](CC)N(Cc1ccccc1)C(=O)CN(c1ccc(C)cc1)S(=O)(=O)c1ccc(SC)cc1. The van der Waals surface area contributed by atoms with Crippen molar-refractivity contribution in [1.29, 1.82) is 0 Å². The molecule has 0 saturated carbocycles. The fourth-order valence-electron chi connectivity index (χ4n) is 4.32. The van der Waals surface area contributed by atoms with E-state index in [0.717, 1.165) is 33.2 Å². The van der Waals surface area contributed by atoms with Gasteiger partial charge in [0.1, 0.15) is 12.6 Å². The summed E-state index contributed by atoms with van der Waals surface area (Å²) in [4.78, 5) is 29.8. The molecular formula is C31H39N3O4S2. The van der Waals surface area contributed by atoms with Crippen LogP contribution in [0.2, 0.25) is 0 Å². The van der Waals surface area contributed by atoms with Crippen LogP contribution in [0.25, 0.3) is 0 Å². The van der Waals surface area contributed by atoms with Crippen molar-refractivity contribution in [2.24, 2.45) is 0 Å². The molecule has 0 bridgehead atoms. The van der Waals surface area contributed by atoms with E-state index >= 15 is 0 Å². The second-order valence-electron chi connectivity index (χ2n) is 9.60. The van der Waals surface area contributed by atoms with Crippen molar-refractivity contribution in [1.82, 2.24) is 10.2 Å². The van der Waals surface area contributed by atoms with Crippen LogP contribution in [-0.2, 0) is 26.2 Å². The molecule has 9 heteroatoms. The number of aryl methyl sites for hydroxylation is 1. The molecule has 0 aromatic heterocycles. The number of nitrogens with zero attached hydrogens (tertiary/aromatic N) is 2. The van der Waals surface area contributed by atoms with Crippen molar-refractivity contribution in [3.05, 3.63) is 90.0 Å². The lowest BCUT2D eigenvalue weighted by molar-refractivity contribution is -0.140. The summed E-state index contributed by atoms with van der Waals surface area (Å²) in [5.41, 5.74) is 2.21. The van der Waals surface area contributed by atoms with E-state index in [4.69, 9.17) is 0 Å². The second-order valence-corrected chi connectivity index (χ2v) is 12.3. The topological polar surface area (TPSA) is 86.8 Å². The molecule has 0 unspecified atom stereocenters. The highest BCUT2D eigenvalue weighted by molar-refractivity contribution is 7.98. The third kappa shape index (κ3) is 8.11. The minimum atomic E-state index is -4.09. The van der Waals surface area contributed by atoms with Crippen LogP contribution in [0.3, 0.4) is 0 Å². The second kappa shape index (κ2) is 14.9. The number of anilines is 1. The number of carbonyl (C=O) groups excluding carboxylic acids is 2. The molecular weight excluding hydrogens is 542 g/mol. The molecule has 1 N–H and O–H groups in total. The zero-order valence-electron chi connectivity index (χ0n) is 23.7. The fourth-order valence-corrected chi connectivity index (χ4v) is 6.14. The highest BCUT2D eigenvalue weighted by atomic mass is 32.2. The molecule has 1 atom stereocenters. The summed E-state index contributed by atoms with van der Waals surface area (Å²) in [6, 6.07) is 22.3. The predicted octanol–water partition coefficient (Wildman–Crippen LogP) is 5.64. The van der Waals surface area contributed by atoms with Crippen molar-refractivity contribution < 1.29 is 18.0 Å². The number of thioether (sulfide) groups is 1. The highest BCUT2D eigenvalue weighted by Crippen LogP contribution is 2.26. The van der Waals surface area contributed by atoms with Gasteiger partial charge in [-0.1, -0.05) is 68.3 Å². The first-order valence-corrected chi connectivity index (χ1v) is 16.2. The monoisotopic (exact) mass is 581 g/mol. The summed E-state index contributed by atoms with van der Waals surface area (Å²) < 4.78 is 29.0. The zero-order chi connectivity index (χ0) is 29.1. The summed E-state index contributed by atoms with van der Waals surface area (Å²) in [7, 11) is -4.09. The van der Waals surface area contributed by atoms with Crippen LogP contribution in [-0.4, -0.2) is 50.5 Å². The summed E-state index contributed by atoms with van der Waals surface area (Å²) in [6.07, 6.45) is 4.09. The average Bonchev–Trinajstić information content (AvgIpc) is 2.97. The molecule has 2 amide bonds. The maximum absolute atomic E-state index is 14.0. The van der Waals surface area contributed by atoms with Gasteiger partial charge >= 0.3 is 0 Å². The summed E-state index contributed by atoms with van der Waals surface area (Å²) >= 11 is 1.52. The van der Waals surface area contributed by atoms with E-state index in [1.54, 1.807) is 36.4 Å². The number of benzene rings is 3. The third-order valence-electron chi connectivity index (χ3n) is 6.66. The Hall–Kier alpha value is -3.30. The first-order chi connectivity index (χ1) is 19.2. The van der Waals surface area contributed by atoms with Gasteiger partial charge in [0.25, 0.3) is 10.0 Å². The maximum Gasteiger partial charge on any atom is 0.264 e. The molecule has 0 fully saturated rings. The molecule has 3 rings (SSSR count). The molecule has 214 valence electrons. The van der Waals surface area contributed by atoms with E-state index in [2.05, 4.69) is 5.32 Å². The maximum atomic E-state index is 14.0.